The van der Waals surface area contributed by atoms with Gasteiger partial charge >= 0.3 is 79.1 Å². The molecule has 2 radical (unpaired) electrons. The fourth-order valence-corrected chi connectivity index (χ4v) is 18.4. The molecule has 12 bridgehead atoms. The van der Waals surface area contributed by atoms with Gasteiger partial charge in [-0.05, 0) is 163 Å². The summed E-state index contributed by atoms with van der Waals surface area (Å²) in [5.74, 6) is 2.08. The molecule has 0 spiro atoms. The van der Waals surface area contributed by atoms with Crippen LogP contribution in [0.5, 0.6) is 34.5 Å². The standard InChI is InChI=1S/C38H64N4O2.C37H62N4O2.C36H60N4O2.6CH3.2Mg.2Ni.2Zn/c1-12-13-14-42-22-30-18-32(36(5,6)7)17-29(34(30)44)21-40-24-37(8,9)23-39-19-27-15-31(35(2,3)4)16-28(33(27)43)20-41-25-38(10,11)26-42;1-12-13-41-21-29-17-31(35(5,6)7)16-28(33(29)43)20-39-23-36(8,9)22-38-18-26-14-30(34(2,3)4)15-27(32(26)42)19-40-24-37(10,11)25-41;1-12-40-20-28-16-30(34(5,6)7)15-27(32(28)42)19-38-22-35(8,9)21-37-17-25-13-29(33(2,3)4)14-26(31(25)41)18-39-23-36(10,11)24-40;;;;;;;;;;;;/h15-18,39-41,43-44H,12-14,19-26H2,1-11H3;14-17,38-40,42-43H,12-13,18-25H2,1-11H3;13-16,37-39,41-42H,12,17-24H2,1-11H3;6*1H3;;;;;;/q;;;6*-1;2*+2;2*+3;;/p+2. The topological polar surface area (TPSA) is 260 Å². The second-order valence-electron chi connectivity index (χ2n) is 50.2. The van der Waals surface area contributed by atoms with E-state index in [9.17, 15) is 30.6 Å². The average molecular weight is 2170 g/mol. The van der Waals surface area contributed by atoms with Gasteiger partial charge < -0.3 is 128 Å². The predicted octanol–water partition coefficient (Wildman–Crippen LogP) is 17.0. The van der Waals surface area contributed by atoms with E-state index in [-0.39, 0.29) is 239 Å². The van der Waals surface area contributed by atoms with Crippen LogP contribution in [0.4, 0.5) is 0 Å². The molecule has 0 saturated heterocycles. The molecule has 18 nitrogen and oxygen atoms in total. The van der Waals surface area contributed by atoms with Crippen LogP contribution in [-0.4, -0.2) is 175 Å². The zero-order valence-corrected chi connectivity index (χ0v) is 108. The summed E-state index contributed by atoms with van der Waals surface area (Å²) < 4.78 is 0. The summed E-state index contributed by atoms with van der Waals surface area (Å²) in [5.41, 5.74) is 19.0. The molecule has 3 heterocycles. The molecule has 0 aliphatic carbocycles. The summed E-state index contributed by atoms with van der Waals surface area (Å²) >= 11 is 0. The minimum atomic E-state index is -0.0227. The van der Waals surface area contributed by atoms with Crippen LogP contribution in [0.2, 0.25) is 0 Å². The fourth-order valence-electron chi connectivity index (χ4n) is 18.4. The predicted molar refractivity (Wildman–Crippen MR) is 587 cm³/mol. The first kappa shape index (κ1) is 149. The van der Waals surface area contributed by atoms with Crippen molar-refractivity contribution in [3.8, 4) is 34.5 Å². The van der Waals surface area contributed by atoms with Gasteiger partial charge in [-0.1, -0.05) is 292 Å². The molecule has 0 aromatic heterocycles. The molecule has 1 atom stereocenters. The van der Waals surface area contributed by atoms with Crippen molar-refractivity contribution >= 4 is 46.1 Å². The summed E-state index contributed by atoms with van der Waals surface area (Å²) in [7, 11) is 0. The number of nitrogens with zero attached hydrogens (tertiary/aromatic N) is 2. The molecule has 3 aliphatic rings. The van der Waals surface area contributed by atoms with Gasteiger partial charge in [0.2, 0.25) is 0 Å². The molecule has 6 aromatic rings. The van der Waals surface area contributed by atoms with E-state index < -0.39 is 0 Å². The van der Waals surface area contributed by atoms with Gasteiger partial charge in [0.25, 0.3) is 0 Å². The van der Waals surface area contributed by atoms with E-state index in [1.165, 1.54) is 38.3 Å². The Morgan fingerprint density at radius 3 is 0.816 bits per heavy atom. The number of quaternary nitrogens is 4. The Hall–Kier alpha value is -2.59. The van der Waals surface area contributed by atoms with Crippen LogP contribution in [0.15, 0.2) is 72.8 Å². The molecule has 3 aliphatic heterocycles. The molecule has 17 N–H and O–H groups in total. The van der Waals surface area contributed by atoms with Gasteiger partial charge in [-0.3, -0.25) is 9.80 Å². The number of rotatable bonds is 6. The van der Waals surface area contributed by atoms with Crippen LogP contribution in [-0.2, 0) is 183 Å². The van der Waals surface area contributed by atoms with Gasteiger partial charge in [-0.2, -0.15) is 0 Å². The number of hydrogen-bond donors (Lipinski definition) is 14. The molecule has 9 rings (SSSR count). The molecule has 0 saturated carbocycles. The number of aromatic hydroxyl groups is 4. The van der Waals surface area contributed by atoms with Crippen molar-refractivity contribution in [1.29, 1.82) is 0 Å². The molecular formula is C117H206Mg2N12Ni2O6Zn2+6. The summed E-state index contributed by atoms with van der Waals surface area (Å²) in [4.78, 5) is 6.42. The number of fused-ring (bicyclic) bond motifs is 12. The van der Waals surface area contributed by atoms with Crippen molar-refractivity contribution in [2.24, 2.45) is 32.5 Å². The normalized spacial score (nSPS) is 18.3. The first-order valence-electron chi connectivity index (χ1n) is 49.5. The van der Waals surface area contributed by atoms with Crippen LogP contribution in [0, 0.1) is 77.0 Å². The monoisotopic (exact) mass is 2170 g/mol. The second-order valence-corrected chi connectivity index (χ2v) is 50.2. The number of unbranched alkanes of at least 4 members (excludes halogenated alkanes) is 1. The zero-order valence-electron chi connectivity index (χ0n) is 97.3. The molecule has 1 unspecified atom stereocenters. The van der Waals surface area contributed by atoms with Gasteiger partial charge in [0.1, 0.15) is 49.2 Å². The van der Waals surface area contributed by atoms with E-state index in [2.05, 4.69) is 359 Å². The second kappa shape index (κ2) is 63.0. The third-order valence-electron chi connectivity index (χ3n) is 26.6. The number of phenolic OH excluding ortho intramolecular Hbond substituents is 4. The van der Waals surface area contributed by atoms with Crippen molar-refractivity contribution < 1.29 is 123 Å². The SMILES string of the molecule is CCCCN1Cc2cc(C(C)(C)C)cc(c2O)CNCC(C)(C)CNCc2cc(C(C)(C)C)cc(c2O)CNCC(C)(C)C1.CCC[NH+]1Cc2cc(C(C)(C)C)cc(c2[O-])C[NH2+]CC(C)(C)C[NH2+]Cc2cc(C(C)(C)C)cc(c2[O-])C[NH2+]CC(C)(C)C1.CCN1Cc2cc(C(C)(C)C)cc(c2O)CNCC(C)(C)CNCc2cc(C(C)(C)C)cc(c2O)CNCC(C)(C)C1.[CH3-].[CH3-].[CH3-].[CH3-].[CH3-].[CH3-].[Mg+2].[Mg+2].[Ni+3].[Ni+3].[Zn].[Zn]. The first-order chi connectivity index (χ1) is 59.4. The third kappa shape index (κ3) is 48.3. The van der Waals surface area contributed by atoms with Crippen molar-refractivity contribution in [3.05, 3.63) is 217 Å². The molecular weight excluding hydrogens is 1970 g/mol. The number of hydrogen-bond acceptors (Lipinski definition) is 14. The smallest absolute Gasteiger partial charge is 0.872 e. The van der Waals surface area contributed by atoms with E-state index in [0.29, 0.717) is 88.4 Å². The Kier molecular flexibility index (Phi) is 66.6. The molecule has 6 aromatic carbocycles. The van der Waals surface area contributed by atoms with E-state index >= 15 is 0 Å². The van der Waals surface area contributed by atoms with Crippen molar-refractivity contribution in [1.82, 2.24) is 41.7 Å². The summed E-state index contributed by atoms with van der Waals surface area (Å²) in [6.45, 7) is 95.7. The van der Waals surface area contributed by atoms with Crippen LogP contribution < -0.4 is 63.0 Å². The Morgan fingerprint density at radius 1 is 0.326 bits per heavy atom. The van der Waals surface area contributed by atoms with E-state index in [1.807, 2.05) is 0 Å². The van der Waals surface area contributed by atoms with E-state index in [4.69, 9.17) is 0 Å². The number of phenols is 4. The Balaban J connectivity index is -0.000000465. The van der Waals surface area contributed by atoms with Gasteiger partial charge in [0.15, 0.2) is 0 Å². The van der Waals surface area contributed by atoms with Gasteiger partial charge in [-0.15, -0.1) is 0 Å². The van der Waals surface area contributed by atoms with Crippen LogP contribution in [0.3, 0.4) is 0 Å². The summed E-state index contributed by atoms with van der Waals surface area (Å²) in [6, 6.07) is 26.1. The minimum absolute atomic E-state index is 0. The minimum Gasteiger partial charge on any atom is -0.872 e. The molecule has 0 fully saturated rings. The van der Waals surface area contributed by atoms with E-state index in [1.54, 1.807) is 0 Å². The zero-order chi connectivity index (χ0) is 96.7. The molecule has 792 valence electrons. The van der Waals surface area contributed by atoms with Crippen molar-refractivity contribution in [3.63, 3.8) is 0 Å². The third-order valence-corrected chi connectivity index (χ3v) is 26.6. The Labute approximate surface area is 944 Å². The van der Waals surface area contributed by atoms with Gasteiger partial charge in [0, 0.05) is 188 Å². The Morgan fingerprint density at radius 2 is 0.553 bits per heavy atom. The maximum atomic E-state index is 13.8. The molecule has 141 heavy (non-hydrogen) atoms. The number of nitrogens with one attached hydrogen (secondary N) is 7. The van der Waals surface area contributed by atoms with Crippen LogP contribution >= 0.6 is 0 Å². The van der Waals surface area contributed by atoms with Crippen LogP contribution in [0.25, 0.3) is 0 Å². The largest absolute Gasteiger partial charge is 3.00 e. The average Bonchev–Trinajstić information content (AvgIpc) is 0.839. The number of benzene rings is 6. The maximum absolute atomic E-state index is 13.8. The van der Waals surface area contributed by atoms with E-state index in [0.717, 1.165) is 197 Å². The molecule has 24 heteroatoms. The van der Waals surface area contributed by atoms with Crippen molar-refractivity contribution in [2.45, 2.75) is 359 Å². The first-order valence-corrected chi connectivity index (χ1v) is 49.5. The Bertz CT molecular complexity index is 4620. The van der Waals surface area contributed by atoms with Crippen LogP contribution in [0.1, 0.15) is 348 Å². The fraction of sp³-hybridized carbons (Fsp3) is 0.641. The van der Waals surface area contributed by atoms with Gasteiger partial charge in [0.05, 0.1) is 43.6 Å². The summed E-state index contributed by atoms with van der Waals surface area (Å²) in [6.07, 6.45) is 3.34. The van der Waals surface area contributed by atoms with Gasteiger partial charge in [-0.25, -0.2) is 0 Å². The quantitative estimate of drug-likeness (QED) is 0.0547. The maximum Gasteiger partial charge on any atom is 3.00 e. The number of nitrogens with two attached hydrogens (primary N) is 3. The summed E-state index contributed by atoms with van der Waals surface area (Å²) in [5, 5.41) is 102. The van der Waals surface area contributed by atoms with Crippen molar-refractivity contribution in [2.75, 3.05) is 98.2 Å². The molecule has 0 amide bonds.